The molecule has 0 saturated carbocycles. The van der Waals surface area contributed by atoms with Crippen LogP contribution < -0.4 is 5.32 Å². The molecule has 0 aliphatic rings. The fraction of sp³-hybridized carbons (Fsp3) is 0.955. The largest absolute Gasteiger partial charge is 0.480 e. The molecule has 0 aliphatic heterocycles. The van der Waals surface area contributed by atoms with Gasteiger partial charge in [-0.15, -0.1) is 0 Å². The first-order valence-corrected chi connectivity index (χ1v) is 11.3. The molecule has 4 nitrogen and oxygen atoms in total. The summed E-state index contributed by atoms with van der Waals surface area (Å²) in [5.41, 5.74) is 0. The van der Waals surface area contributed by atoms with Crippen LogP contribution in [0.3, 0.4) is 0 Å². The molecule has 0 amide bonds. The van der Waals surface area contributed by atoms with Gasteiger partial charge in [0.15, 0.2) is 0 Å². The van der Waals surface area contributed by atoms with Gasteiger partial charge in [0.2, 0.25) is 0 Å². The summed E-state index contributed by atoms with van der Waals surface area (Å²) in [4.78, 5) is 11.4. The first kappa shape index (κ1) is 25.4. The van der Waals surface area contributed by atoms with Crippen LogP contribution in [-0.4, -0.2) is 28.5 Å². The highest BCUT2D eigenvalue weighted by molar-refractivity contribution is 5.73. The molecule has 0 radical (unpaired) electrons. The molecule has 0 bridgehead atoms. The number of carbonyl (C=O) groups is 1. The molecular weight excluding hydrogens is 326 g/mol. The van der Waals surface area contributed by atoms with Crippen molar-refractivity contribution in [3.05, 3.63) is 0 Å². The smallest absolute Gasteiger partial charge is 0.320 e. The van der Waals surface area contributed by atoms with Gasteiger partial charge in [0, 0.05) is 0 Å². The van der Waals surface area contributed by atoms with Crippen LogP contribution in [-0.2, 0) is 4.79 Å². The number of unbranched alkanes of at least 4 members (excludes halogenated alkanes) is 13. The first-order valence-electron chi connectivity index (χ1n) is 11.3. The van der Waals surface area contributed by atoms with Crippen LogP contribution in [0.4, 0.5) is 0 Å². The summed E-state index contributed by atoms with van der Waals surface area (Å²) in [5, 5.41) is 22.3. The van der Waals surface area contributed by atoms with E-state index in [2.05, 4.69) is 19.2 Å². The van der Waals surface area contributed by atoms with Gasteiger partial charge >= 0.3 is 5.97 Å². The molecular formula is C22H45NO3. The summed E-state index contributed by atoms with van der Waals surface area (Å²) >= 11 is 0. The van der Waals surface area contributed by atoms with Gasteiger partial charge in [-0.3, -0.25) is 10.1 Å². The van der Waals surface area contributed by atoms with Gasteiger partial charge < -0.3 is 10.2 Å². The molecule has 0 aromatic heterocycles. The number of nitrogens with one attached hydrogen (secondary N) is 1. The van der Waals surface area contributed by atoms with Crippen LogP contribution in [0, 0.1) is 0 Å². The molecule has 0 saturated heterocycles. The number of aliphatic carboxylic acids is 1. The lowest BCUT2D eigenvalue weighted by atomic mass is 10.0. The van der Waals surface area contributed by atoms with E-state index in [1.54, 1.807) is 0 Å². The SMILES string of the molecule is CCCCCCCCCCCC(O)NC(CCCCCCCC)C(=O)O. The van der Waals surface area contributed by atoms with E-state index in [9.17, 15) is 15.0 Å². The number of aliphatic hydroxyl groups is 1. The molecule has 0 rings (SSSR count). The standard InChI is InChI=1S/C22H45NO3/c1-3-5-7-9-11-12-13-15-17-19-21(24)23-20(22(25)26)18-16-14-10-8-6-4-2/h20-21,23-24H,3-19H2,1-2H3,(H,25,26). The van der Waals surface area contributed by atoms with Crippen molar-refractivity contribution in [3.8, 4) is 0 Å². The quantitative estimate of drug-likeness (QED) is 0.181. The molecule has 0 aromatic rings. The number of aliphatic hydroxyl groups excluding tert-OH is 1. The second-order valence-corrected chi connectivity index (χ2v) is 7.75. The Morgan fingerprint density at radius 2 is 1.08 bits per heavy atom. The Hall–Kier alpha value is -0.610. The predicted molar refractivity (Wildman–Crippen MR) is 110 cm³/mol. The zero-order chi connectivity index (χ0) is 19.5. The molecule has 0 spiro atoms. The molecule has 4 heteroatoms. The average molecular weight is 372 g/mol. The Morgan fingerprint density at radius 3 is 1.50 bits per heavy atom. The molecule has 3 N–H and O–H groups in total. The molecule has 2 unspecified atom stereocenters. The van der Waals surface area contributed by atoms with Crippen molar-refractivity contribution < 1.29 is 15.0 Å². The molecule has 0 aliphatic carbocycles. The van der Waals surface area contributed by atoms with Crippen LogP contribution in [0.15, 0.2) is 0 Å². The van der Waals surface area contributed by atoms with E-state index in [1.807, 2.05) is 0 Å². The molecule has 2 atom stereocenters. The normalized spacial score (nSPS) is 13.7. The second-order valence-electron chi connectivity index (χ2n) is 7.75. The number of carboxylic acids is 1. The van der Waals surface area contributed by atoms with Crippen LogP contribution in [0.2, 0.25) is 0 Å². The molecule has 0 aromatic carbocycles. The fourth-order valence-corrected chi connectivity index (χ4v) is 3.37. The maximum atomic E-state index is 11.4. The third kappa shape index (κ3) is 16.8. The van der Waals surface area contributed by atoms with E-state index in [4.69, 9.17) is 0 Å². The molecule has 26 heavy (non-hydrogen) atoms. The number of hydrogen-bond donors (Lipinski definition) is 3. The van der Waals surface area contributed by atoms with E-state index in [0.29, 0.717) is 12.8 Å². The lowest BCUT2D eigenvalue weighted by molar-refractivity contribution is -0.140. The minimum absolute atomic E-state index is 0.607. The second kappa shape index (κ2) is 19.2. The highest BCUT2D eigenvalue weighted by atomic mass is 16.4. The van der Waals surface area contributed by atoms with Crippen LogP contribution >= 0.6 is 0 Å². The van der Waals surface area contributed by atoms with Crippen molar-refractivity contribution in [2.75, 3.05) is 0 Å². The zero-order valence-electron chi connectivity index (χ0n) is 17.5. The highest BCUT2D eigenvalue weighted by Gasteiger charge is 2.19. The van der Waals surface area contributed by atoms with Gasteiger partial charge in [-0.1, -0.05) is 104 Å². The van der Waals surface area contributed by atoms with E-state index in [1.165, 1.54) is 70.6 Å². The average Bonchev–Trinajstić information content (AvgIpc) is 2.62. The van der Waals surface area contributed by atoms with Crippen molar-refractivity contribution in [2.45, 2.75) is 135 Å². The summed E-state index contributed by atoms with van der Waals surface area (Å²) in [6.45, 7) is 4.43. The topological polar surface area (TPSA) is 69.6 Å². The summed E-state index contributed by atoms with van der Waals surface area (Å²) < 4.78 is 0. The Morgan fingerprint density at radius 1 is 0.692 bits per heavy atom. The highest BCUT2D eigenvalue weighted by Crippen LogP contribution is 2.12. The van der Waals surface area contributed by atoms with Crippen molar-refractivity contribution >= 4 is 5.97 Å². The lowest BCUT2D eigenvalue weighted by Crippen LogP contribution is -2.43. The number of rotatable bonds is 20. The van der Waals surface area contributed by atoms with E-state index >= 15 is 0 Å². The lowest BCUT2D eigenvalue weighted by Gasteiger charge is -2.19. The summed E-state index contributed by atoms with van der Waals surface area (Å²) in [6.07, 6.45) is 18.7. The van der Waals surface area contributed by atoms with Crippen molar-refractivity contribution in [1.29, 1.82) is 0 Å². The Kier molecular flexibility index (Phi) is 18.7. The molecule has 0 fully saturated rings. The summed E-state index contributed by atoms with van der Waals surface area (Å²) in [6, 6.07) is -0.616. The number of carboxylic acid groups (broad SMARTS) is 1. The van der Waals surface area contributed by atoms with E-state index in [-0.39, 0.29) is 0 Å². The third-order valence-electron chi connectivity index (χ3n) is 5.12. The van der Waals surface area contributed by atoms with Gasteiger partial charge in [0.05, 0.1) is 0 Å². The van der Waals surface area contributed by atoms with Gasteiger partial charge in [0.25, 0.3) is 0 Å². The van der Waals surface area contributed by atoms with Crippen molar-refractivity contribution in [2.24, 2.45) is 0 Å². The molecule has 156 valence electrons. The number of hydrogen-bond acceptors (Lipinski definition) is 3. The van der Waals surface area contributed by atoms with E-state index < -0.39 is 18.2 Å². The third-order valence-corrected chi connectivity index (χ3v) is 5.12. The van der Waals surface area contributed by atoms with Crippen LogP contribution in [0.25, 0.3) is 0 Å². The van der Waals surface area contributed by atoms with Gasteiger partial charge in [-0.25, -0.2) is 0 Å². The predicted octanol–water partition coefficient (Wildman–Crippen LogP) is 6.02. The first-order chi connectivity index (χ1) is 12.6. The Bertz CT molecular complexity index is 310. The van der Waals surface area contributed by atoms with Gasteiger partial charge in [-0.05, 0) is 19.3 Å². The van der Waals surface area contributed by atoms with Crippen LogP contribution in [0.1, 0.15) is 123 Å². The molecule has 0 heterocycles. The van der Waals surface area contributed by atoms with Crippen molar-refractivity contribution in [3.63, 3.8) is 0 Å². The van der Waals surface area contributed by atoms with Gasteiger partial charge in [0.1, 0.15) is 12.3 Å². The van der Waals surface area contributed by atoms with Gasteiger partial charge in [-0.2, -0.15) is 0 Å². The minimum atomic E-state index is -0.843. The minimum Gasteiger partial charge on any atom is -0.480 e. The Labute approximate surface area is 162 Å². The maximum Gasteiger partial charge on any atom is 0.320 e. The maximum absolute atomic E-state index is 11.4. The zero-order valence-corrected chi connectivity index (χ0v) is 17.5. The summed E-state index contributed by atoms with van der Waals surface area (Å²) in [7, 11) is 0. The van der Waals surface area contributed by atoms with Crippen LogP contribution in [0.5, 0.6) is 0 Å². The Balaban J connectivity index is 3.65. The monoisotopic (exact) mass is 371 g/mol. The van der Waals surface area contributed by atoms with Crippen molar-refractivity contribution in [1.82, 2.24) is 5.32 Å². The summed E-state index contributed by atoms with van der Waals surface area (Å²) in [5.74, 6) is -0.843. The fourth-order valence-electron chi connectivity index (χ4n) is 3.37. The van der Waals surface area contributed by atoms with E-state index in [0.717, 1.165) is 25.7 Å².